The molecule has 0 saturated carbocycles. The summed E-state index contributed by atoms with van der Waals surface area (Å²) in [6.45, 7) is 0.817. The summed E-state index contributed by atoms with van der Waals surface area (Å²) in [5.41, 5.74) is 4.08. The van der Waals surface area contributed by atoms with Gasteiger partial charge in [-0.15, -0.1) is 0 Å². The Balaban J connectivity index is 1.99. The topological polar surface area (TPSA) is 42.8 Å². The molecule has 1 aromatic carbocycles. The van der Waals surface area contributed by atoms with Crippen LogP contribution in [0.4, 0.5) is 0 Å². The van der Waals surface area contributed by atoms with Crippen molar-refractivity contribution in [3.8, 4) is 5.75 Å². The molecule has 0 radical (unpaired) electrons. The fraction of sp³-hybridized carbons (Fsp3) is 0.417. The Kier molecular flexibility index (Phi) is 3.41. The summed E-state index contributed by atoms with van der Waals surface area (Å²) in [5, 5.41) is 0. The lowest BCUT2D eigenvalue weighted by Crippen LogP contribution is -2.20. The maximum atomic E-state index is 5.13. The number of hydrogen-bond donors (Lipinski definition) is 1. The van der Waals surface area contributed by atoms with Gasteiger partial charge in [0.05, 0.1) is 14.2 Å². The van der Waals surface area contributed by atoms with Crippen LogP contribution >= 0.6 is 0 Å². The molecule has 4 heteroatoms. The van der Waals surface area contributed by atoms with Crippen LogP contribution in [0.5, 0.6) is 5.75 Å². The molecule has 1 N–H and O–H groups in total. The normalized spacial score (nSPS) is 19.4. The molecule has 2 rings (SSSR count). The average molecular weight is 220 g/mol. The van der Waals surface area contributed by atoms with Crippen molar-refractivity contribution in [1.29, 1.82) is 0 Å². The summed E-state index contributed by atoms with van der Waals surface area (Å²) in [6, 6.07) is 8.15. The summed E-state index contributed by atoms with van der Waals surface area (Å²) in [5.74, 6) is 2.25. The third-order valence-corrected chi connectivity index (χ3v) is 2.75. The minimum Gasteiger partial charge on any atom is -0.497 e. The molecule has 0 saturated heterocycles. The number of benzene rings is 1. The molecule has 0 fully saturated rings. The van der Waals surface area contributed by atoms with Crippen molar-refractivity contribution < 1.29 is 9.57 Å². The van der Waals surface area contributed by atoms with Crippen molar-refractivity contribution in [2.75, 3.05) is 20.8 Å². The van der Waals surface area contributed by atoms with E-state index in [0.29, 0.717) is 5.92 Å². The van der Waals surface area contributed by atoms with Gasteiger partial charge in [0.25, 0.3) is 0 Å². The molecule has 0 bridgehead atoms. The molecule has 1 unspecified atom stereocenters. The van der Waals surface area contributed by atoms with Crippen LogP contribution in [0.2, 0.25) is 0 Å². The monoisotopic (exact) mass is 220 g/mol. The van der Waals surface area contributed by atoms with E-state index < -0.39 is 0 Å². The van der Waals surface area contributed by atoms with Gasteiger partial charge < -0.3 is 4.74 Å². The Morgan fingerprint density at radius 3 is 2.62 bits per heavy atom. The Morgan fingerprint density at radius 1 is 1.25 bits per heavy atom. The maximum absolute atomic E-state index is 5.13. The van der Waals surface area contributed by atoms with Crippen molar-refractivity contribution in [3.63, 3.8) is 0 Å². The highest BCUT2D eigenvalue weighted by Gasteiger charge is 2.20. The van der Waals surface area contributed by atoms with Crippen LogP contribution in [0.3, 0.4) is 0 Å². The first-order chi connectivity index (χ1) is 7.83. The number of nitrogens with one attached hydrogen (secondary N) is 1. The van der Waals surface area contributed by atoms with Gasteiger partial charge in [0, 0.05) is 18.9 Å². The van der Waals surface area contributed by atoms with Crippen LogP contribution < -0.4 is 10.2 Å². The molecule has 4 nitrogen and oxygen atoms in total. The van der Waals surface area contributed by atoms with Crippen molar-refractivity contribution >= 4 is 5.84 Å². The molecule has 86 valence electrons. The number of hydrogen-bond acceptors (Lipinski definition) is 4. The zero-order chi connectivity index (χ0) is 11.4. The molecule has 1 aliphatic heterocycles. The van der Waals surface area contributed by atoms with Gasteiger partial charge in [-0.05, 0) is 17.7 Å². The molecule has 1 atom stereocenters. The Labute approximate surface area is 95.2 Å². The molecule has 0 amide bonds. The largest absolute Gasteiger partial charge is 0.497 e. The van der Waals surface area contributed by atoms with E-state index in [1.165, 1.54) is 5.56 Å². The van der Waals surface area contributed by atoms with Gasteiger partial charge in [-0.3, -0.25) is 15.3 Å². The fourth-order valence-corrected chi connectivity index (χ4v) is 1.87. The lowest BCUT2D eigenvalue weighted by molar-refractivity contribution is 0.143. The second-order valence-electron chi connectivity index (χ2n) is 3.77. The number of amidine groups is 1. The summed E-state index contributed by atoms with van der Waals surface area (Å²) >= 11 is 0. The summed E-state index contributed by atoms with van der Waals surface area (Å²) in [6.07, 6.45) is 0.903. The molecule has 0 aromatic heterocycles. The lowest BCUT2D eigenvalue weighted by atomic mass is 9.97. The molecular formula is C12H16N2O2. The second-order valence-corrected chi connectivity index (χ2v) is 3.77. The van der Waals surface area contributed by atoms with Crippen molar-refractivity contribution in [2.24, 2.45) is 4.99 Å². The zero-order valence-electron chi connectivity index (χ0n) is 9.56. The Morgan fingerprint density at radius 2 is 2.00 bits per heavy atom. The summed E-state index contributed by atoms with van der Waals surface area (Å²) < 4.78 is 5.13. The van der Waals surface area contributed by atoms with Crippen LogP contribution in [-0.2, 0) is 4.84 Å². The zero-order valence-corrected chi connectivity index (χ0v) is 9.56. The molecule has 0 spiro atoms. The van der Waals surface area contributed by atoms with E-state index in [2.05, 4.69) is 22.6 Å². The standard InChI is InChI=1S/C12H16N2O2/c1-15-11-5-3-9(4-6-11)10-7-12(13-8-10)14-16-2/h3-6,10H,7-8H2,1-2H3,(H,13,14). The first-order valence-corrected chi connectivity index (χ1v) is 5.29. The number of rotatable bonds is 3. The fourth-order valence-electron chi connectivity index (χ4n) is 1.87. The Bertz CT molecular complexity index is 373. The highest BCUT2D eigenvalue weighted by molar-refractivity contribution is 5.83. The number of aliphatic imine (C=N–C) groups is 1. The smallest absolute Gasteiger partial charge is 0.121 e. The van der Waals surface area contributed by atoms with Crippen LogP contribution in [-0.4, -0.2) is 26.6 Å². The van der Waals surface area contributed by atoms with Crippen molar-refractivity contribution in [3.05, 3.63) is 29.8 Å². The van der Waals surface area contributed by atoms with E-state index in [0.717, 1.165) is 24.6 Å². The predicted molar refractivity (Wildman–Crippen MR) is 62.8 cm³/mol. The average Bonchev–Trinajstić information content (AvgIpc) is 2.78. The van der Waals surface area contributed by atoms with Gasteiger partial charge in [0.1, 0.15) is 11.6 Å². The summed E-state index contributed by atoms with van der Waals surface area (Å²) in [4.78, 5) is 9.22. The van der Waals surface area contributed by atoms with Crippen LogP contribution in [0, 0.1) is 0 Å². The van der Waals surface area contributed by atoms with E-state index in [1.54, 1.807) is 14.2 Å². The Hall–Kier alpha value is -1.55. The minimum atomic E-state index is 0.448. The van der Waals surface area contributed by atoms with Crippen LogP contribution in [0.15, 0.2) is 29.3 Å². The number of methoxy groups -OCH3 is 1. The summed E-state index contributed by atoms with van der Waals surface area (Å²) in [7, 11) is 3.28. The minimum absolute atomic E-state index is 0.448. The van der Waals surface area contributed by atoms with Crippen LogP contribution in [0.1, 0.15) is 17.9 Å². The van der Waals surface area contributed by atoms with Gasteiger partial charge in [-0.1, -0.05) is 12.1 Å². The third-order valence-electron chi connectivity index (χ3n) is 2.75. The molecule has 16 heavy (non-hydrogen) atoms. The second kappa shape index (κ2) is 4.99. The van der Waals surface area contributed by atoms with Gasteiger partial charge in [-0.25, -0.2) is 0 Å². The lowest BCUT2D eigenvalue weighted by Gasteiger charge is -2.10. The molecule has 1 aromatic rings. The molecule has 1 heterocycles. The maximum Gasteiger partial charge on any atom is 0.121 e. The number of nitrogens with zero attached hydrogens (tertiary/aromatic N) is 1. The quantitative estimate of drug-likeness (QED) is 0.789. The van der Waals surface area contributed by atoms with Crippen molar-refractivity contribution in [1.82, 2.24) is 5.48 Å². The van der Waals surface area contributed by atoms with Gasteiger partial charge >= 0.3 is 0 Å². The first-order valence-electron chi connectivity index (χ1n) is 5.29. The van der Waals surface area contributed by atoms with E-state index in [1.807, 2.05) is 12.1 Å². The number of hydroxylamine groups is 1. The highest BCUT2D eigenvalue weighted by Crippen LogP contribution is 2.26. The predicted octanol–water partition coefficient (Wildman–Crippen LogP) is 1.73. The van der Waals surface area contributed by atoms with Gasteiger partial charge in [0.2, 0.25) is 0 Å². The van der Waals surface area contributed by atoms with E-state index in [9.17, 15) is 0 Å². The van der Waals surface area contributed by atoms with Crippen LogP contribution in [0.25, 0.3) is 0 Å². The molecule has 0 aliphatic carbocycles. The SMILES string of the molecule is CONC1=NCC(c2ccc(OC)cc2)C1. The molecular weight excluding hydrogens is 204 g/mol. The van der Waals surface area contributed by atoms with Gasteiger partial charge in [0.15, 0.2) is 0 Å². The number of ether oxygens (including phenoxy) is 1. The van der Waals surface area contributed by atoms with E-state index in [-0.39, 0.29) is 0 Å². The first kappa shape index (κ1) is 11.0. The van der Waals surface area contributed by atoms with Crippen molar-refractivity contribution in [2.45, 2.75) is 12.3 Å². The van der Waals surface area contributed by atoms with E-state index >= 15 is 0 Å². The van der Waals surface area contributed by atoms with Gasteiger partial charge in [-0.2, -0.15) is 0 Å². The van der Waals surface area contributed by atoms with E-state index in [4.69, 9.17) is 9.57 Å². The third kappa shape index (κ3) is 2.33. The molecule has 1 aliphatic rings. The highest BCUT2D eigenvalue weighted by atomic mass is 16.6.